The summed E-state index contributed by atoms with van der Waals surface area (Å²) in [5, 5.41) is 15.2. The smallest absolute Gasteiger partial charge is 0.163 e. The zero-order valence-corrected chi connectivity index (χ0v) is 13.9. The molecular weight excluding hydrogens is 296 g/mol. The molecule has 0 saturated carbocycles. The standard InChI is InChI=1S/C18H18O.C3H2N2/c1-2-3-11-18(19)16-10-6-9-15-14-8-5-4-7-13(14)12-17(15)16;4-2-1-3-5/h4-10H,2-3,11-12H2,1H3;1H2. The molecule has 0 bridgehead atoms. The lowest BCUT2D eigenvalue weighted by molar-refractivity contribution is 0.0979. The number of rotatable bonds is 4. The van der Waals surface area contributed by atoms with Gasteiger partial charge in [-0.1, -0.05) is 55.8 Å². The van der Waals surface area contributed by atoms with Gasteiger partial charge in [-0.05, 0) is 35.1 Å². The first-order valence-electron chi connectivity index (χ1n) is 8.20. The molecule has 24 heavy (non-hydrogen) atoms. The summed E-state index contributed by atoms with van der Waals surface area (Å²) in [5.74, 6) is 0.298. The largest absolute Gasteiger partial charge is 0.294 e. The van der Waals surface area contributed by atoms with Crippen molar-refractivity contribution in [2.24, 2.45) is 0 Å². The Kier molecular flexibility index (Phi) is 6.29. The predicted octanol–water partition coefficient (Wildman–Crippen LogP) is 5.05. The highest BCUT2D eigenvalue weighted by atomic mass is 16.1. The van der Waals surface area contributed by atoms with E-state index in [1.165, 1.54) is 22.3 Å². The van der Waals surface area contributed by atoms with Gasteiger partial charge in [0.2, 0.25) is 0 Å². The van der Waals surface area contributed by atoms with E-state index in [9.17, 15) is 4.79 Å². The second kappa shape index (κ2) is 8.65. The minimum absolute atomic E-state index is 0. The van der Waals surface area contributed by atoms with Gasteiger partial charge in [0.05, 0.1) is 12.1 Å². The van der Waals surface area contributed by atoms with Crippen LogP contribution in [0.5, 0.6) is 0 Å². The third-order valence-electron chi connectivity index (χ3n) is 4.07. The monoisotopic (exact) mass is 316 g/mol. The van der Waals surface area contributed by atoms with Gasteiger partial charge >= 0.3 is 0 Å². The first kappa shape index (κ1) is 17.4. The van der Waals surface area contributed by atoms with Crippen molar-refractivity contribution in [1.29, 1.82) is 10.5 Å². The van der Waals surface area contributed by atoms with Gasteiger partial charge in [0.1, 0.15) is 6.42 Å². The molecule has 0 spiro atoms. The van der Waals surface area contributed by atoms with Crippen molar-refractivity contribution >= 4 is 5.78 Å². The summed E-state index contributed by atoms with van der Waals surface area (Å²) >= 11 is 0. The molecule has 1 aliphatic rings. The van der Waals surface area contributed by atoms with E-state index in [0.29, 0.717) is 12.2 Å². The van der Waals surface area contributed by atoms with Gasteiger partial charge in [-0.2, -0.15) is 10.5 Å². The van der Waals surface area contributed by atoms with Crippen molar-refractivity contribution in [3.8, 4) is 23.3 Å². The average molecular weight is 316 g/mol. The SMILES string of the molecule is CCCCC(=O)c1cccc2c1Cc1ccccc1-2.N#CCC#N. The van der Waals surface area contributed by atoms with Crippen LogP contribution in [-0.4, -0.2) is 5.78 Å². The van der Waals surface area contributed by atoms with E-state index in [0.717, 1.165) is 24.8 Å². The van der Waals surface area contributed by atoms with E-state index in [1.54, 1.807) is 12.1 Å². The second-order valence-corrected chi connectivity index (χ2v) is 5.69. The van der Waals surface area contributed by atoms with E-state index in [2.05, 4.69) is 37.3 Å². The molecule has 0 atom stereocenters. The van der Waals surface area contributed by atoms with E-state index in [1.807, 2.05) is 12.1 Å². The van der Waals surface area contributed by atoms with Gasteiger partial charge in [0, 0.05) is 12.0 Å². The third kappa shape index (κ3) is 3.89. The van der Waals surface area contributed by atoms with Crippen LogP contribution >= 0.6 is 0 Å². The van der Waals surface area contributed by atoms with Crippen LogP contribution in [-0.2, 0) is 6.42 Å². The molecule has 0 saturated heterocycles. The number of nitriles is 2. The average Bonchev–Trinajstić information content (AvgIpc) is 2.99. The predicted molar refractivity (Wildman–Crippen MR) is 94.4 cm³/mol. The zero-order valence-electron chi connectivity index (χ0n) is 13.9. The Morgan fingerprint density at radius 1 is 1.04 bits per heavy atom. The summed E-state index contributed by atoms with van der Waals surface area (Å²) in [5.41, 5.74) is 6.04. The topological polar surface area (TPSA) is 64.7 Å². The van der Waals surface area contributed by atoms with Crippen molar-refractivity contribution in [3.63, 3.8) is 0 Å². The van der Waals surface area contributed by atoms with Gasteiger partial charge in [-0.25, -0.2) is 0 Å². The van der Waals surface area contributed by atoms with Crippen molar-refractivity contribution in [3.05, 3.63) is 59.2 Å². The molecule has 0 fully saturated rings. The maximum absolute atomic E-state index is 12.3. The van der Waals surface area contributed by atoms with Gasteiger partial charge in [-0.3, -0.25) is 4.79 Å². The van der Waals surface area contributed by atoms with Crippen molar-refractivity contribution in [2.45, 2.75) is 39.0 Å². The molecule has 0 heterocycles. The summed E-state index contributed by atoms with van der Waals surface area (Å²) < 4.78 is 0. The minimum Gasteiger partial charge on any atom is -0.294 e. The van der Waals surface area contributed by atoms with Crippen molar-refractivity contribution in [2.75, 3.05) is 0 Å². The fourth-order valence-corrected chi connectivity index (χ4v) is 2.93. The third-order valence-corrected chi connectivity index (χ3v) is 4.07. The van der Waals surface area contributed by atoms with Crippen molar-refractivity contribution in [1.82, 2.24) is 0 Å². The molecule has 0 aromatic heterocycles. The number of ketones is 1. The number of carbonyl (C=O) groups is 1. The summed E-state index contributed by atoms with van der Waals surface area (Å²) in [4.78, 5) is 12.3. The Bertz CT molecular complexity index is 797. The van der Waals surface area contributed by atoms with Crippen LogP contribution in [0.3, 0.4) is 0 Å². The second-order valence-electron chi connectivity index (χ2n) is 5.69. The molecule has 1 aliphatic carbocycles. The quantitative estimate of drug-likeness (QED) is 0.632. The van der Waals surface area contributed by atoms with Crippen LogP contribution in [0.15, 0.2) is 42.5 Å². The maximum Gasteiger partial charge on any atom is 0.163 e. The molecule has 0 aliphatic heterocycles. The van der Waals surface area contributed by atoms with E-state index in [4.69, 9.17) is 10.5 Å². The van der Waals surface area contributed by atoms with E-state index >= 15 is 0 Å². The van der Waals surface area contributed by atoms with Crippen LogP contribution in [0.25, 0.3) is 11.1 Å². The fourth-order valence-electron chi connectivity index (χ4n) is 2.93. The first-order chi connectivity index (χ1) is 11.7. The highest BCUT2D eigenvalue weighted by Gasteiger charge is 2.22. The normalized spacial score (nSPS) is 10.5. The first-order valence-corrected chi connectivity index (χ1v) is 8.20. The van der Waals surface area contributed by atoms with Crippen LogP contribution in [0, 0.1) is 22.7 Å². The molecule has 2 aromatic carbocycles. The molecule has 3 heteroatoms. The summed E-state index contributed by atoms with van der Waals surface area (Å²) in [6.07, 6.45) is 3.62. The molecule has 2 aromatic rings. The van der Waals surface area contributed by atoms with Crippen LogP contribution in [0.1, 0.15) is 54.1 Å². The number of nitrogens with zero attached hydrogens (tertiary/aromatic N) is 2. The number of unbranched alkanes of at least 4 members (excludes halogenated alkanes) is 1. The number of benzene rings is 2. The lowest BCUT2D eigenvalue weighted by Gasteiger charge is -2.07. The molecular formula is C21H20N2O. The summed E-state index contributed by atoms with van der Waals surface area (Å²) in [6.45, 7) is 2.12. The molecule has 3 rings (SSSR count). The Morgan fingerprint density at radius 2 is 1.75 bits per heavy atom. The summed E-state index contributed by atoms with van der Waals surface area (Å²) in [6, 6.07) is 17.9. The number of hydrogen-bond donors (Lipinski definition) is 0. The Hall–Kier alpha value is -2.91. The number of fused-ring (bicyclic) bond motifs is 3. The Morgan fingerprint density at radius 3 is 2.42 bits per heavy atom. The molecule has 0 unspecified atom stereocenters. The number of hydrogen-bond acceptors (Lipinski definition) is 3. The highest BCUT2D eigenvalue weighted by Crippen LogP contribution is 2.38. The fraction of sp³-hybridized carbons (Fsp3) is 0.286. The number of Topliss-reactive ketones (excluding diaryl/α,β-unsaturated/α-hetero) is 1. The lowest BCUT2D eigenvalue weighted by atomic mass is 9.96. The molecule has 0 radical (unpaired) electrons. The Labute approximate surface area is 143 Å². The lowest BCUT2D eigenvalue weighted by Crippen LogP contribution is -2.03. The highest BCUT2D eigenvalue weighted by molar-refractivity contribution is 6.00. The molecule has 120 valence electrons. The van der Waals surface area contributed by atoms with Gasteiger partial charge < -0.3 is 0 Å². The minimum atomic E-state index is 0. The Balaban J connectivity index is 0.000000368. The molecule has 3 nitrogen and oxygen atoms in total. The van der Waals surface area contributed by atoms with E-state index < -0.39 is 0 Å². The zero-order chi connectivity index (χ0) is 17.4. The maximum atomic E-state index is 12.3. The number of carbonyl (C=O) groups excluding carboxylic acids is 1. The molecule has 0 N–H and O–H groups in total. The van der Waals surface area contributed by atoms with Crippen LogP contribution in [0.2, 0.25) is 0 Å². The van der Waals surface area contributed by atoms with Gasteiger partial charge in [-0.15, -0.1) is 0 Å². The van der Waals surface area contributed by atoms with Crippen LogP contribution < -0.4 is 0 Å². The van der Waals surface area contributed by atoms with Gasteiger partial charge in [0.25, 0.3) is 0 Å². The van der Waals surface area contributed by atoms with Crippen LogP contribution in [0.4, 0.5) is 0 Å². The molecule has 0 amide bonds. The van der Waals surface area contributed by atoms with Gasteiger partial charge in [0.15, 0.2) is 5.78 Å². The van der Waals surface area contributed by atoms with Crippen molar-refractivity contribution < 1.29 is 4.79 Å². The van der Waals surface area contributed by atoms with E-state index in [-0.39, 0.29) is 6.42 Å². The summed E-state index contributed by atoms with van der Waals surface area (Å²) in [7, 11) is 0.